The molecule has 2 fully saturated rings. The molecule has 1 aromatic rings. The summed E-state index contributed by atoms with van der Waals surface area (Å²) in [6.07, 6.45) is 4.24. The Morgan fingerprint density at radius 2 is 2.12 bits per heavy atom. The summed E-state index contributed by atoms with van der Waals surface area (Å²) in [5, 5.41) is 6.91. The molecule has 26 heavy (non-hydrogen) atoms. The molecule has 0 radical (unpaired) electrons. The van der Waals surface area contributed by atoms with Crippen LogP contribution in [0.5, 0.6) is 5.75 Å². The van der Waals surface area contributed by atoms with Crippen LogP contribution in [0.25, 0.3) is 0 Å². The zero-order valence-electron chi connectivity index (χ0n) is 16.0. The van der Waals surface area contributed by atoms with Crippen LogP contribution in [0.1, 0.15) is 45.6 Å². The second kappa shape index (κ2) is 10.3. The molecule has 146 valence electrons. The molecule has 0 spiro atoms. The summed E-state index contributed by atoms with van der Waals surface area (Å²) < 4.78 is 11.9. The second-order valence-corrected chi connectivity index (χ2v) is 7.37. The number of hydrogen-bond acceptors (Lipinski definition) is 3. The summed E-state index contributed by atoms with van der Waals surface area (Å²) in [5.74, 6) is 2.30. The molecule has 3 atom stereocenters. The molecule has 3 rings (SSSR count). The standard InChI is InChI=1S/C20H31N3O2.HI/c1-4-21-20(23-17-11-16-9-10-19(17)25-16)22-12-15-7-5-6-8-18(15)24-13-14(2)3;/h5-8,14,16-17,19H,4,9-13H2,1-3H3,(H2,21,22,23);1H. The number of halogens is 1. The first-order chi connectivity index (χ1) is 12.2. The maximum atomic E-state index is 5.93. The van der Waals surface area contributed by atoms with Crippen molar-refractivity contribution in [3.8, 4) is 5.75 Å². The Balaban J connectivity index is 0.00000243. The van der Waals surface area contributed by atoms with Gasteiger partial charge in [0.1, 0.15) is 5.75 Å². The fourth-order valence-electron chi connectivity index (χ4n) is 3.48. The van der Waals surface area contributed by atoms with E-state index in [2.05, 4.69) is 37.5 Å². The van der Waals surface area contributed by atoms with E-state index in [1.54, 1.807) is 0 Å². The van der Waals surface area contributed by atoms with Crippen LogP contribution in [0.4, 0.5) is 0 Å². The van der Waals surface area contributed by atoms with Gasteiger partial charge in [-0.25, -0.2) is 4.99 Å². The van der Waals surface area contributed by atoms with Crippen LogP contribution >= 0.6 is 24.0 Å². The molecule has 0 saturated carbocycles. The van der Waals surface area contributed by atoms with Gasteiger partial charge in [0.05, 0.1) is 31.4 Å². The van der Waals surface area contributed by atoms with Crippen molar-refractivity contribution in [2.75, 3.05) is 13.2 Å². The fraction of sp³-hybridized carbons (Fsp3) is 0.650. The number of para-hydroxylation sites is 1. The first-order valence-electron chi connectivity index (χ1n) is 9.56. The van der Waals surface area contributed by atoms with E-state index < -0.39 is 0 Å². The normalized spacial score (nSPS) is 24.5. The van der Waals surface area contributed by atoms with Crippen LogP contribution in [-0.4, -0.2) is 37.4 Å². The Labute approximate surface area is 174 Å². The number of aliphatic imine (C=N–C) groups is 1. The van der Waals surface area contributed by atoms with Crippen molar-refractivity contribution in [1.82, 2.24) is 10.6 Å². The monoisotopic (exact) mass is 473 g/mol. The van der Waals surface area contributed by atoms with Crippen molar-refractivity contribution in [3.05, 3.63) is 29.8 Å². The van der Waals surface area contributed by atoms with E-state index >= 15 is 0 Å². The van der Waals surface area contributed by atoms with Crippen LogP contribution in [-0.2, 0) is 11.3 Å². The van der Waals surface area contributed by atoms with Gasteiger partial charge in [0.15, 0.2) is 5.96 Å². The number of ether oxygens (including phenoxy) is 2. The molecule has 2 aliphatic heterocycles. The third kappa shape index (κ3) is 5.74. The third-order valence-corrected chi connectivity index (χ3v) is 4.72. The van der Waals surface area contributed by atoms with Gasteiger partial charge in [0.2, 0.25) is 0 Å². The van der Waals surface area contributed by atoms with Crippen LogP contribution in [0.3, 0.4) is 0 Å². The van der Waals surface area contributed by atoms with E-state index in [-0.39, 0.29) is 24.0 Å². The van der Waals surface area contributed by atoms with Crippen molar-refractivity contribution in [1.29, 1.82) is 0 Å². The Morgan fingerprint density at radius 1 is 1.31 bits per heavy atom. The molecule has 0 aromatic heterocycles. The van der Waals surface area contributed by atoms with Crippen LogP contribution < -0.4 is 15.4 Å². The average Bonchev–Trinajstić information content (AvgIpc) is 3.21. The Morgan fingerprint density at radius 3 is 2.77 bits per heavy atom. The van der Waals surface area contributed by atoms with Gasteiger partial charge in [-0.2, -0.15) is 0 Å². The number of nitrogens with one attached hydrogen (secondary N) is 2. The maximum absolute atomic E-state index is 5.93. The zero-order valence-corrected chi connectivity index (χ0v) is 18.4. The molecule has 2 aliphatic rings. The van der Waals surface area contributed by atoms with Gasteiger partial charge in [-0.15, -0.1) is 24.0 Å². The van der Waals surface area contributed by atoms with E-state index in [0.717, 1.165) is 43.3 Å². The minimum Gasteiger partial charge on any atom is -0.493 e. The van der Waals surface area contributed by atoms with E-state index in [9.17, 15) is 0 Å². The Bertz CT molecular complexity index is 594. The SMILES string of the molecule is CCNC(=NCc1ccccc1OCC(C)C)NC1CC2CCC1O2.I. The Hall–Kier alpha value is -1.02. The number of guanidine groups is 1. The van der Waals surface area contributed by atoms with Crippen molar-refractivity contribution in [2.45, 2.75) is 64.8 Å². The molecular formula is C20H32IN3O2. The van der Waals surface area contributed by atoms with Crippen molar-refractivity contribution < 1.29 is 9.47 Å². The lowest BCUT2D eigenvalue weighted by Gasteiger charge is -2.22. The number of benzene rings is 1. The van der Waals surface area contributed by atoms with Gasteiger partial charge in [-0.05, 0) is 38.2 Å². The van der Waals surface area contributed by atoms with E-state index in [0.29, 0.717) is 30.7 Å². The number of nitrogens with zero attached hydrogens (tertiary/aromatic N) is 1. The van der Waals surface area contributed by atoms with Crippen LogP contribution in [0, 0.1) is 5.92 Å². The molecule has 0 amide bonds. The second-order valence-electron chi connectivity index (χ2n) is 7.37. The Kier molecular flexibility index (Phi) is 8.47. The minimum atomic E-state index is 0. The highest BCUT2D eigenvalue weighted by atomic mass is 127. The highest BCUT2D eigenvalue weighted by Gasteiger charge is 2.41. The van der Waals surface area contributed by atoms with Crippen molar-refractivity contribution in [2.24, 2.45) is 10.9 Å². The number of rotatable bonds is 7. The van der Waals surface area contributed by atoms with Crippen LogP contribution in [0.2, 0.25) is 0 Å². The summed E-state index contributed by atoms with van der Waals surface area (Å²) in [5.41, 5.74) is 1.12. The van der Waals surface area contributed by atoms with Crippen LogP contribution in [0.15, 0.2) is 29.3 Å². The summed E-state index contributed by atoms with van der Waals surface area (Å²) >= 11 is 0. The van der Waals surface area contributed by atoms with Gasteiger partial charge in [-0.1, -0.05) is 32.0 Å². The molecule has 0 aliphatic carbocycles. The van der Waals surface area contributed by atoms with E-state index in [1.165, 1.54) is 6.42 Å². The topological polar surface area (TPSA) is 54.9 Å². The van der Waals surface area contributed by atoms with Gasteiger partial charge >= 0.3 is 0 Å². The lowest BCUT2D eigenvalue weighted by Crippen LogP contribution is -2.47. The fourth-order valence-corrected chi connectivity index (χ4v) is 3.48. The first-order valence-corrected chi connectivity index (χ1v) is 9.56. The van der Waals surface area contributed by atoms with E-state index in [4.69, 9.17) is 14.5 Å². The van der Waals surface area contributed by atoms with Gasteiger partial charge in [-0.3, -0.25) is 0 Å². The first kappa shape index (κ1) is 21.3. The number of fused-ring (bicyclic) bond motifs is 2. The van der Waals surface area contributed by atoms with Gasteiger partial charge < -0.3 is 20.1 Å². The molecule has 2 N–H and O–H groups in total. The molecule has 6 heteroatoms. The molecule has 1 aromatic carbocycles. The molecule has 5 nitrogen and oxygen atoms in total. The smallest absolute Gasteiger partial charge is 0.191 e. The quantitative estimate of drug-likeness (QED) is 0.360. The average molecular weight is 473 g/mol. The van der Waals surface area contributed by atoms with Crippen molar-refractivity contribution in [3.63, 3.8) is 0 Å². The maximum Gasteiger partial charge on any atom is 0.191 e. The number of hydrogen-bond donors (Lipinski definition) is 2. The highest BCUT2D eigenvalue weighted by Crippen LogP contribution is 2.34. The predicted molar refractivity (Wildman–Crippen MR) is 116 cm³/mol. The molecule has 2 saturated heterocycles. The minimum absolute atomic E-state index is 0. The largest absolute Gasteiger partial charge is 0.493 e. The van der Waals surface area contributed by atoms with Gasteiger partial charge in [0, 0.05) is 12.1 Å². The highest BCUT2D eigenvalue weighted by molar-refractivity contribution is 14.0. The predicted octanol–water partition coefficient (Wildman–Crippen LogP) is 3.71. The molecule has 2 bridgehead atoms. The lowest BCUT2D eigenvalue weighted by molar-refractivity contribution is 0.0992. The molecule has 2 heterocycles. The lowest BCUT2D eigenvalue weighted by atomic mass is 9.96. The molecular weight excluding hydrogens is 441 g/mol. The zero-order chi connectivity index (χ0) is 17.6. The molecule has 3 unspecified atom stereocenters. The summed E-state index contributed by atoms with van der Waals surface area (Å²) in [4.78, 5) is 4.78. The summed E-state index contributed by atoms with van der Waals surface area (Å²) in [6, 6.07) is 8.54. The third-order valence-electron chi connectivity index (χ3n) is 4.72. The van der Waals surface area contributed by atoms with Crippen molar-refractivity contribution >= 4 is 29.9 Å². The van der Waals surface area contributed by atoms with E-state index in [1.807, 2.05) is 18.2 Å². The summed E-state index contributed by atoms with van der Waals surface area (Å²) in [7, 11) is 0. The summed E-state index contributed by atoms with van der Waals surface area (Å²) in [6.45, 7) is 8.58. The van der Waals surface area contributed by atoms with Gasteiger partial charge in [0.25, 0.3) is 0 Å².